The van der Waals surface area contributed by atoms with Crippen LogP contribution in [0.4, 0.5) is 5.69 Å². The lowest BCUT2D eigenvalue weighted by Crippen LogP contribution is -2.34. The highest BCUT2D eigenvalue weighted by Crippen LogP contribution is 2.30. The molecule has 0 aromatic heterocycles. The number of ether oxygens (including phenoxy) is 1. The molecule has 6 nitrogen and oxygen atoms in total. The van der Waals surface area contributed by atoms with E-state index in [1.807, 2.05) is 0 Å². The number of para-hydroxylation sites is 1. The zero-order valence-corrected chi connectivity index (χ0v) is 18.4. The van der Waals surface area contributed by atoms with Crippen LogP contribution in [-0.4, -0.2) is 52.1 Å². The average molecular weight is 449 g/mol. The summed E-state index contributed by atoms with van der Waals surface area (Å²) in [7, 11) is -2.27. The number of sulfonamides is 1. The molecular formula is C22H25ClN2O4S. The summed E-state index contributed by atoms with van der Waals surface area (Å²) in [5.74, 6) is -0.254. The topological polar surface area (TPSA) is 66.9 Å². The van der Waals surface area contributed by atoms with E-state index in [1.165, 1.54) is 22.5 Å². The molecule has 0 saturated carbocycles. The summed E-state index contributed by atoms with van der Waals surface area (Å²) in [6.07, 6.45) is 3.42. The molecule has 1 amide bonds. The van der Waals surface area contributed by atoms with Crippen LogP contribution in [0.3, 0.4) is 0 Å². The van der Waals surface area contributed by atoms with Crippen LogP contribution < -0.4 is 4.31 Å². The van der Waals surface area contributed by atoms with Crippen molar-refractivity contribution in [3.8, 4) is 0 Å². The van der Waals surface area contributed by atoms with Gasteiger partial charge >= 0.3 is 0 Å². The molecule has 0 aliphatic carbocycles. The van der Waals surface area contributed by atoms with E-state index < -0.39 is 10.0 Å². The van der Waals surface area contributed by atoms with Crippen molar-refractivity contribution in [1.82, 2.24) is 4.90 Å². The van der Waals surface area contributed by atoms with Crippen molar-refractivity contribution in [2.45, 2.75) is 23.8 Å². The van der Waals surface area contributed by atoms with Gasteiger partial charge in [-0.3, -0.25) is 9.10 Å². The Bertz CT molecular complexity index is 1020. The third-order valence-corrected chi connectivity index (χ3v) is 7.03. The molecule has 0 radical (unpaired) electrons. The van der Waals surface area contributed by atoms with Gasteiger partial charge in [0.05, 0.1) is 28.3 Å². The van der Waals surface area contributed by atoms with E-state index in [4.69, 9.17) is 16.3 Å². The lowest BCUT2D eigenvalue weighted by atomic mass is 10.2. The van der Waals surface area contributed by atoms with Gasteiger partial charge in [0.25, 0.3) is 15.9 Å². The van der Waals surface area contributed by atoms with Gasteiger partial charge in [-0.2, -0.15) is 0 Å². The summed E-state index contributed by atoms with van der Waals surface area (Å²) in [5, 5.41) is 0.312. The molecule has 1 aliphatic rings. The first-order valence-corrected chi connectivity index (χ1v) is 11.5. The van der Waals surface area contributed by atoms with E-state index in [2.05, 4.69) is 6.58 Å². The number of carbonyl (C=O) groups is 1. The molecule has 30 heavy (non-hydrogen) atoms. The number of likely N-dealkylation sites (N-methyl/N-ethyl adjacent to an activating group) is 1. The van der Waals surface area contributed by atoms with Crippen molar-refractivity contribution in [2.24, 2.45) is 0 Å². The molecule has 2 aromatic rings. The highest BCUT2D eigenvalue weighted by atomic mass is 35.5. The highest BCUT2D eigenvalue weighted by molar-refractivity contribution is 7.92. The van der Waals surface area contributed by atoms with Gasteiger partial charge in [0.1, 0.15) is 0 Å². The molecule has 1 saturated heterocycles. The van der Waals surface area contributed by atoms with Crippen LogP contribution in [0.5, 0.6) is 0 Å². The first-order chi connectivity index (χ1) is 14.3. The van der Waals surface area contributed by atoms with Crippen LogP contribution in [0.25, 0.3) is 0 Å². The molecule has 0 spiro atoms. The van der Waals surface area contributed by atoms with Gasteiger partial charge in [0.2, 0.25) is 0 Å². The highest BCUT2D eigenvalue weighted by Gasteiger charge is 2.27. The number of hydrogen-bond donors (Lipinski definition) is 0. The second-order valence-electron chi connectivity index (χ2n) is 7.12. The van der Waals surface area contributed by atoms with E-state index in [1.54, 1.807) is 48.3 Å². The number of carbonyl (C=O) groups excluding carboxylic acids is 1. The predicted octanol–water partition coefficient (Wildman–Crippen LogP) is 3.97. The van der Waals surface area contributed by atoms with E-state index in [9.17, 15) is 13.2 Å². The summed E-state index contributed by atoms with van der Waals surface area (Å²) in [5.41, 5.74) is 0.653. The zero-order chi connectivity index (χ0) is 21.7. The molecule has 8 heteroatoms. The Morgan fingerprint density at radius 1 is 1.27 bits per heavy atom. The van der Waals surface area contributed by atoms with E-state index in [0.717, 1.165) is 12.8 Å². The summed E-state index contributed by atoms with van der Waals surface area (Å²) >= 11 is 6.24. The van der Waals surface area contributed by atoms with Gasteiger partial charge < -0.3 is 9.64 Å². The second kappa shape index (κ2) is 9.64. The fourth-order valence-electron chi connectivity index (χ4n) is 3.41. The summed E-state index contributed by atoms with van der Waals surface area (Å²) < 4.78 is 33.5. The second-order valence-corrected chi connectivity index (χ2v) is 9.39. The van der Waals surface area contributed by atoms with Gasteiger partial charge in [0, 0.05) is 25.8 Å². The quantitative estimate of drug-likeness (QED) is 0.573. The fraction of sp³-hybridized carbons (Fsp3) is 0.318. The molecule has 0 N–H and O–H groups in total. The Hall–Kier alpha value is -2.35. The molecular weight excluding hydrogens is 424 g/mol. The first kappa shape index (κ1) is 22.3. The molecule has 1 heterocycles. The predicted molar refractivity (Wildman–Crippen MR) is 119 cm³/mol. The number of nitrogens with zero attached hydrogens (tertiary/aromatic N) is 2. The maximum Gasteiger partial charge on any atom is 0.264 e. The van der Waals surface area contributed by atoms with Gasteiger partial charge in [-0.25, -0.2) is 8.42 Å². The molecule has 1 fully saturated rings. The van der Waals surface area contributed by atoms with Crippen LogP contribution in [0.15, 0.2) is 66.1 Å². The largest absolute Gasteiger partial charge is 0.376 e. The fourth-order valence-corrected chi connectivity index (χ4v) is 5.20. The Labute approximate surface area is 182 Å². The van der Waals surface area contributed by atoms with E-state index in [0.29, 0.717) is 29.4 Å². The monoisotopic (exact) mass is 448 g/mol. The molecule has 1 unspecified atom stereocenters. The van der Waals surface area contributed by atoms with Gasteiger partial charge in [0.15, 0.2) is 0 Å². The summed E-state index contributed by atoms with van der Waals surface area (Å²) in [4.78, 5) is 14.4. The standard InChI is InChI=1S/C22H25ClN2O4S/c1-3-13-25(21-12-5-4-11-20(21)23)30(27,28)19-10-6-8-17(15-19)22(26)24(2)16-18-9-7-14-29-18/h3-6,8,10-12,15,18H,1,7,9,13-14,16H2,2H3. The number of hydrogen-bond acceptors (Lipinski definition) is 4. The Morgan fingerprint density at radius 3 is 2.70 bits per heavy atom. The molecule has 160 valence electrons. The average Bonchev–Trinajstić information content (AvgIpc) is 3.25. The Kier molecular flexibility index (Phi) is 7.18. The van der Waals surface area contributed by atoms with Gasteiger partial charge in [-0.15, -0.1) is 6.58 Å². The SMILES string of the molecule is C=CCN(c1ccccc1Cl)S(=O)(=O)c1cccc(C(=O)N(C)CC2CCCO2)c1. The van der Waals surface area contributed by atoms with Gasteiger partial charge in [-0.05, 0) is 43.2 Å². The number of halogens is 1. The molecule has 2 aromatic carbocycles. The van der Waals surface area contributed by atoms with Crippen molar-refractivity contribution < 1.29 is 17.9 Å². The normalized spacial score (nSPS) is 16.3. The lowest BCUT2D eigenvalue weighted by molar-refractivity contribution is 0.0587. The zero-order valence-electron chi connectivity index (χ0n) is 16.8. The van der Waals surface area contributed by atoms with E-state index >= 15 is 0 Å². The van der Waals surface area contributed by atoms with Gasteiger partial charge in [-0.1, -0.05) is 35.9 Å². The third-order valence-electron chi connectivity index (χ3n) is 4.93. The number of benzene rings is 2. The maximum atomic E-state index is 13.4. The van der Waals surface area contributed by atoms with Crippen molar-refractivity contribution >= 4 is 33.2 Å². The minimum atomic E-state index is -3.96. The van der Waals surface area contributed by atoms with E-state index in [-0.39, 0.29) is 23.5 Å². The first-order valence-electron chi connectivity index (χ1n) is 9.70. The summed E-state index contributed by atoms with van der Waals surface area (Å²) in [6, 6.07) is 12.8. The molecule has 1 atom stereocenters. The molecule has 0 bridgehead atoms. The van der Waals surface area contributed by atoms with Crippen LogP contribution in [0, 0.1) is 0 Å². The smallest absolute Gasteiger partial charge is 0.264 e. The molecule has 3 rings (SSSR count). The Morgan fingerprint density at radius 2 is 2.03 bits per heavy atom. The van der Waals surface area contributed by atoms with Crippen LogP contribution in [0.1, 0.15) is 23.2 Å². The van der Waals surface area contributed by atoms with Crippen molar-refractivity contribution in [1.29, 1.82) is 0 Å². The van der Waals surface area contributed by atoms with Crippen molar-refractivity contribution in [3.63, 3.8) is 0 Å². The van der Waals surface area contributed by atoms with Crippen LogP contribution >= 0.6 is 11.6 Å². The van der Waals surface area contributed by atoms with Crippen LogP contribution in [-0.2, 0) is 14.8 Å². The lowest BCUT2D eigenvalue weighted by Gasteiger charge is -2.25. The number of rotatable bonds is 8. The maximum absolute atomic E-state index is 13.4. The minimum Gasteiger partial charge on any atom is -0.376 e. The van der Waals surface area contributed by atoms with Crippen molar-refractivity contribution in [3.05, 3.63) is 71.8 Å². The third kappa shape index (κ3) is 4.86. The summed E-state index contributed by atoms with van der Waals surface area (Å²) in [6.45, 7) is 4.88. The number of anilines is 1. The van der Waals surface area contributed by atoms with Crippen LogP contribution in [0.2, 0.25) is 5.02 Å². The number of amides is 1. The van der Waals surface area contributed by atoms with Crippen molar-refractivity contribution in [2.75, 3.05) is 31.0 Å². The minimum absolute atomic E-state index is 0.0145. The Balaban J connectivity index is 1.89. The molecule has 1 aliphatic heterocycles.